The second-order valence-electron chi connectivity index (χ2n) is 16.0. The van der Waals surface area contributed by atoms with Crippen LogP contribution in [0.1, 0.15) is 149 Å². The van der Waals surface area contributed by atoms with Crippen molar-refractivity contribution in [2.45, 2.75) is 149 Å². The Bertz CT molecular complexity index is 1120. The van der Waals surface area contributed by atoms with Crippen LogP contribution >= 0.6 is 0 Å². The molecule has 1 aromatic rings. The van der Waals surface area contributed by atoms with Crippen molar-refractivity contribution in [1.82, 2.24) is 0 Å². The minimum Gasteiger partial charge on any atom is -0.423 e. The summed E-state index contributed by atoms with van der Waals surface area (Å²) in [5.41, 5.74) is 0. The lowest BCUT2D eigenvalue weighted by Crippen LogP contribution is -2.25. The SMILES string of the molecule is C/C=C/C1CCC(C2CCC(CCC)CC2)CC1.C=CC(=O)Oc1ccc(OC(=O)C=C)cc1.C=CC1CCC(C2CCC(CCC)CC2)CC1. The van der Waals surface area contributed by atoms with Gasteiger partial charge < -0.3 is 9.47 Å². The first kappa shape index (κ1) is 42.5. The van der Waals surface area contributed by atoms with E-state index in [0.29, 0.717) is 11.5 Å². The summed E-state index contributed by atoms with van der Waals surface area (Å²) in [6.07, 6.45) is 38.8. The Morgan fingerprint density at radius 2 is 0.902 bits per heavy atom. The van der Waals surface area contributed by atoms with E-state index in [2.05, 4.69) is 58.7 Å². The number of carbonyl (C=O) groups excluding carboxylic acids is 2. The zero-order chi connectivity index (χ0) is 36.8. The molecule has 4 nitrogen and oxygen atoms in total. The topological polar surface area (TPSA) is 52.6 Å². The van der Waals surface area contributed by atoms with Crippen LogP contribution in [-0.4, -0.2) is 11.9 Å². The van der Waals surface area contributed by atoms with Gasteiger partial charge in [0.15, 0.2) is 0 Å². The average Bonchev–Trinajstić information content (AvgIpc) is 3.17. The monoisotopic (exact) mass is 701 g/mol. The Kier molecular flexibility index (Phi) is 20.3. The van der Waals surface area contributed by atoms with Crippen LogP contribution in [0.25, 0.3) is 0 Å². The molecule has 0 saturated heterocycles. The van der Waals surface area contributed by atoms with Gasteiger partial charge in [0.25, 0.3) is 0 Å². The summed E-state index contributed by atoms with van der Waals surface area (Å²) < 4.78 is 9.66. The minimum atomic E-state index is -0.546. The average molecular weight is 701 g/mol. The molecule has 0 heterocycles. The molecule has 4 fully saturated rings. The molecular weight excluding hydrogens is 629 g/mol. The number of ether oxygens (including phenoxy) is 2. The Labute approximate surface area is 312 Å². The second-order valence-corrected chi connectivity index (χ2v) is 16.0. The van der Waals surface area contributed by atoms with Crippen LogP contribution in [0.3, 0.4) is 0 Å². The van der Waals surface area contributed by atoms with Crippen molar-refractivity contribution in [3.05, 3.63) is 74.4 Å². The largest absolute Gasteiger partial charge is 0.423 e. The molecule has 0 aromatic heterocycles. The summed E-state index contributed by atoms with van der Waals surface area (Å²) in [7, 11) is 0. The molecule has 0 unspecified atom stereocenters. The van der Waals surface area contributed by atoms with Crippen LogP contribution < -0.4 is 9.47 Å². The van der Waals surface area contributed by atoms with Crippen LogP contribution in [0.4, 0.5) is 0 Å². The van der Waals surface area contributed by atoms with Crippen LogP contribution in [0.5, 0.6) is 11.5 Å². The molecule has 0 aliphatic heterocycles. The number of rotatable bonds is 12. The first-order valence-electron chi connectivity index (χ1n) is 20.9. The van der Waals surface area contributed by atoms with Crippen molar-refractivity contribution >= 4 is 11.9 Å². The zero-order valence-corrected chi connectivity index (χ0v) is 32.7. The van der Waals surface area contributed by atoms with Gasteiger partial charge in [-0.2, -0.15) is 0 Å². The highest BCUT2D eigenvalue weighted by Gasteiger charge is 2.31. The number of hydrogen-bond acceptors (Lipinski definition) is 4. The summed E-state index contributed by atoms with van der Waals surface area (Å²) in [5, 5.41) is 0. The number of carbonyl (C=O) groups is 2. The predicted molar refractivity (Wildman–Crippen MR) is 215 cm³/mol. The second kappa shape index (κ2) is 24.4. The van der Waals surface area contributed by atoms with Gasteiger partial charge in [-0.3, -0.25) is 0 Å². The summed E-state index contributed by atoms with van der Waals surface area (Å²) in [5.74, 6) is 7.80. The van der Waals surface area contributed by atoms with E-state index in [1.807, 2.05) is 0 Å². The summed E-state index contributed by atoms with van der Waals surface area (Å²) in [6, 6.07) is 6.03. The minimum absolute atomic E-state index is 0.350. The predicted octanol–water partition coefficient (Wildman–Crippen LogP) is 13.4. The third-order valence-corrected chi connectivity index (χ3v) is 12.5. The zero-order valence-electron chi connectivity index (χ0n) is 32.7. The van der Waals surface area contributed by atoms with Gasteiger partial charge in [0.05, 0.1) is 0 Å². The molecule has 4 saturated carbocycles. The quantitative estimate of drug-likeness (QED) is 0.0942. The van der Waals surface area contributed by atoms with Gasteiger partial charge in [0, 0.05) is 12.2 Å². The molecule has 51 heavy (non-hydrogen) atoms. The Morgan fingerprint density at radius 3 is 1.20 bits per heavy atom. The molecule has 0 atom stereocenters. The molecule has 0 spiro atoms. The third kappa shape index (κ3) is 15.7. The lowest BCUT2D eigenvalue weighted by atomic mass is 9.69. The smallest absolute Gasteiger partial charge is 0.335 e. The maximum atomic E-state index is 10.9. The van der Waals surface area contributed by atoms with E-state index in [4.69, 9.17) is 9.47 Å². The van der Waals surface area contributed by atoms with Crippen molar-refractivity contribution < 1.29 is 19.1 Å². The fourth-order valence-corrected chi connectivity index (χ4v) is 9.54. The van der Waals surface area contributed by atoms with Crippen LogP contribution in [-0.2, 0) is 9.59 Å². The molecule has 4 heteroatoms. The number of esters is 2. The number of benzene rings is 1. The van der Waals surface area contributed by atoms with Crippen LogP contribution in [0.15, 0.2) is 74.4 Å². The number of hydrogen-bond donors (Lipinski definition) is 0. The Morgan fingerprint density at radius 1 is 0.569 bits per heavy atom. The number of allylic oxidation sites excluding steroid dienone is 3. The van der Waals surface area contributed by atoms with Crippen molar-refractivity contribution in [3.8, 4) is 11.5 Å². The van der Waals surface area contributed by atoms with E-state index in [0.717, 1.165) is 59.5 Å². The van der Waals surface area contributed by atoms with Gasteiger partial charge in [0.2, 0.25) is 0 Å². The first-order chi connectivity index (χ1) is 24.8. The highest BCUT2D eigenvalue weighted by Crippen LogP contribution is 2.43. The summed E-state index contributed by atoms with van der Waals surface area (Å²) in [6.45, 7) is 17.3. The highest BCUT2D eigenvalue weighted by atomic mass is 16.5. The fraction of sp³-hybridized carbons (Fsp3) is 0.660. The van der Waals surface area contributed by atoms with Gasteiger partial charge in [0.1, 0.15) is 11.5 Å². The van der Waals surface area contributed by atoms with E-state index >= 15 is 0 Å². The van der Waals surface area contributed by atoms with Crippen LogP contribution in [0, 0.1) is 47.3 Å². The maximum Gasteiger partial charge on any atom is 0.335 e. The highest BCUT2D eigenvalue weighted by molar-refractivity contribution is 5.84. The van der Waals surface area contributed by atoms with Gasteiger partial charge in [-0.15, -0.1) is 6.58 Å². The van der Waals surface area contributed by atoms with E-state index in [1.165, 1.54) is 140 Å². The molecule has 4 aliphatic carbocycles. The normalized spacial score (nSPS) is 29.2. The molecule has 0 N–H and O–H groups in total. The van der Waals surface area contributed by atoms with E-state index in [9.17, 15) is 9.59 Å². The fourth-order valence-electron chi connectivity index (χ4n) is 9.54. The molecular formula is C47H72O4. The van der Waals surface area contributed by atoms with Gasteiger partial charge in [-0.05, 0) is 156 Å². The Hall–Kier alpha value is -2.88. The van der Waals surface area contributed by atoms with Crippen molar-refractivity contribution in [2.75, 3.05) is 0 Å². The van der Waals surface area contributed by atoms with Gasteiger partial charge >= 0.3 is 11.9 Å². The molecule has 1 aromatic carbocycles. The lowest BCUT2D eigenvalue weighted by Gasteiger charge is -2.37. The molecule has 0 bridgehead atoms. The van der Waals surface area contributed by atoms with Gasteiger partial charge in [-0.25, -0.2) is 9.59 Å². The maximum absolute atomic E-state index is 10.9. The van der Waals surface area contributed by atoms with E-state index in [-0.39, 0.29) is 0 Å². The lowest BCUT2D eigenvalue weighted by molar-refractivity contribution is -0.130. The van der Waals surface area contributed by atoms with E-state index < -0.39 is 11.9 Å². The van der Waals surface area contributed by atoms with Crippen molar-refractivity contribution in [2.24, 2.45) is 47.3 Å². The molecule has 5 rings (SSSR count). The molecule has 284 valence electrons. The third-order valence-electron chi connectivity index (χ3n) is 12.5. The van der Waals surface area contributed by atoms with E-state index in [1.54, 1.807) is 12.8 Å². The standard InChI is InChI=1S/C18H32.C17H30.C12H10O4/c1-3-5-15-7-11-17(12-8-15)18-13-9-16(6-4-2)10-14-18;1-3-5-15-8-12-17(13-9-15)16-10-6-14(4-2)7-11-16;1-3-11(13)15-9-5-7-10(8-6-9)16-12(14)4-2/h3,5,15-18H,4,6-14H2,1-2H3;4,14-17H,2-3,5-13H2,1H3;3-8H,1-2H2/b5-3+;;. The molecule has 4 aliphatic rings. The van der Waals surface area contributed by atoms with Crippen molar-refractivity contribution in [1.29, 1.82) is 0 Å². The summed E-state index contributed by atoms with van der Waals surface area (Å²) in [4.78, 5) is 21.7. The van der Waals surface area contributed by atoms with Crippen molar-refractivity contribution in [3.63, 3.8) is 0 Å². The molecule has 0 amide bonds. The van der Waals surface area contributed by atoms with Crippen LogP contribution in [0.2, 0.25) is 0 Å². The Balaban J connectivity index is 0.000000207. The summed E-state index contributed by atoms with van der Waals surface area (Å²) >= 11 is 0. The van der Waals surface area contributed by atoms with Gasteiger partial charge in [-0.1, -0.05) is 96.6 Å². The first-order valence-corrected chi connectivity index (χ1v) is 20.9. The molecule has 0 radical (unpaired) electrons.